The van der Waals surface area contributed by atoms with Gasteiger partial charge in [-0.3, -0.25) is 4.79 Å². The second-order valence-electron chi connectivity index (χ2n) is 12.5. The second kappa shape index (κ2) is 7.06. The van der Waals surface area contributed by atoms with Crippen molar-refractivity contribution in [2.24, 2.45) is 40.4 Å². The van der Waals surface area contributed by atoms with Gasteiger partial charge in [0.05, 0.1) is 12.2 Å². The maximum atomic E-state index is 11.7. The molecule has 5 fully saturated rings. The number of fused-ring (bicyclic) bond motifs is 8. The van der Waals surface area contributed by atoms with Crippen LogP contribution in [0, 0.1) is 40.4 Å². The highest BCUT2D eigenvalue weighted by Crippen LogP contribution is 2.70. The lowest BCUT2D eigenvalue weighted by Gasteiger charge is -2.63. The van der Waals surface area contributed by atoms with Crippen LogP contribution in [0.4, 0.5) is 0 Å². The highest BCUT2D eigenvalue weighted by atomic mass is 16.8. The predicted octanol–water partition coefficient (Wildman–Crippen LogP) is 5.89. The molecule has 4 aliphatic carbocycles. The van der Waals surface area contributed by atoms with Crippen LogP contribution in [0.25, 0.3) is 0 Å². The van der Waals surface area contributed by atoms with Crippen molar-refractivity contribution in [3.05, 3.63) is 12.2 Å². The third kappa shape index (κ3) is 3.18. The lowest BCUT2D eigenvalue weighted by Crippen LogP contribution is -2.63. The minimum Gasteiger partial charge on any atom is -0.463 e. The zero-order chi connectivity index (χ0) is 22.3. The van der Waals surface area contributed by atoms with E-state index in [0.717, 1.165) is 19.3 Å². The molecule has 0 radical (unpaired) electrons. The van der Waals surface area contributed by atoms with E-state index < -0.39 is 5.79 Å². The average molecular weight is 431 g/mol. The Labute approximate surface area is 188 Å². The lowest BCUT2D eigenvalue weighted by atomic mass is 9.43. The van der Waals surface area contributed by atoms with Gasteiger partial charge >= 0.3 is 5.97 Å². The van der Waals surface area contributed by atoms with E-state index in [1.54, 1.807) is 0 Å². The Hall–Kier alpha value is -0.870. The number of carbonyl (C=O) groups excluding carboxylic acids is 1. The number of hydrogen-bond acceptors (Lipinski definition) is 4. The van der Waals surface area contributed by atoms with Crippen LogP contribution in [0.5, 0.6) is 0 Å². The van der Waals surface area contributed by atoms with Gasteiger partial charge in [-0.05, 0) is 106 Å². The Bertz CT molecular complexity index is 773. The molecular formula is C27H42O4. The predicted molar refractivity (Wildman–Crippen MR) is 120 cm³/mol. The summed E-state index contributed by atoms with van der Waals surface area (Å²) in [5.74, 6) is 2.23. The summed E-state index contributed by atoms with van der Waals surface area (Å²) in [5.41, 5.74) is 1.94. The summed E-state index contributed by atoms with van der Waals surface area (Å²) in [4.78, 5) is 11.7. The van der Waals surface area contributed by atoms with E-state index in [2.05, 4.69) is 41.2 Å². The SMILES string of the molecule is C=C(C)[C@H]1CCC2C3C(CC[C@@]21C)[C@@]1(C)CC[C@H](OC(C)=O)CC1[C@H]1OC(C)(C)O[C@H]31. The molecule has 0 bridgehead atoms. The van der Waals surface area contributed by atoms with E-state index in [1.807, 2.05) is 0 Å². The molecular weight excluding hydrogens is 388 g/mol. The molecule has 0 aromatic rings. The third-order valence-electron chi connectivity index (χ3n) is 10.4. The normalized spacial score (nSPS) is 52.5. The van der Waals surface area contributed by atoms with Crippen molar-refractivity contribution in [2.75, 3.05) is 0 Å². The van der Waals surface area contributed by atoms with Crippen LogP contribution in [0.3, 0.4) is 0 Å². The molecule has 174 valence electrons. The van der Waals surface area contributed by atoms with Gasteiger partial charge in [-0.2, -0.15) is 0 Å². The van der Waals surface area contributed by atoms with Crippen molar-refractivity contribution < 1.29 is 19.0 Å². The van der Waals surface area contributed by atoms with Gasteiger partial charge in [-0.1, -0.05) is 26.0 Å². The van der Waals surface area contributed by atoms with Crippen LogP contribution >= 0.6 is 0 Å². The summed E-state index contributed by atoms with van der Waals surface area (Å²) in [5, 5.41) is 0. The first-order valence-electron chi connectivity index (χ1n) is 12.6. The van der Waals surface area contributed by atoms with Crippen LogP contribution < -0.4 is 0 Å². The number of rotatable bonds is 2. The molecule has 0 aromatic carbocycles. The van der Waals surface area contributed by atoms with Gasteiger partial charge in [-0.25, -0.2) is 0 Å². The zero-order valence-corrected chi connectivity index (χ0v) is 20.4. The van der Waals surface area contributed by atoms with Crippen molar-refractivity contribution >= 4 is 5.97 Å². The molecule has 4 heteroatoms. The third-order valence-corrected chi connectivity index (χ3v) is 10.4. The van der Waals surface area contributed by atoms with Crippen molar-refractivity contribution in [1.82, 2.24) is 0 Å². The van der Waals surface area contributed by atoms with Crippen molar-refractivity contribution in [3.8, 4) is 0 Å². The molecule has 4 unspecified atom stereocenters. The van der Waals surface area contributed by atoms with Gasteiger partial charge in [0, 0.05) is 6.92 Å². The highest BCUT2D eigenvalue weighted by Gasteiger charge is 2.68. The minimum absolute atomic E-state index is 0.0215. The first kappa shape index (κ1) is 21.9. The van der Waals surface area contributed by atoms with E-state index in [9.17, 15) is 4.79 Å². The fourth-order valence-electron chi connectivity index (χ4n) is 9.30. The summed E-state index contributed by atoms with van der Waals surface area (Å²) in [6, 6.07) is 0. The van der Waals surface area contributed by atoms with Gasteiger partial charge in [0.1, 0.15) is 6.10 Å². The Balaban J connectivity index is 1.52. The Kier molecular flexibility index (Phi) is 5.00. The van der Waals surface area contributed by atoms with Gasteiger partial charge < -0.3 is 14.2 Å². The van der Waals surface area contributed by atoms with Crippen LogP contribution in [-0.4, -0.2) is 30.1 Å². The average Bonchev–Trinajstić information content (AvgIpc) is 3.18. The zero-order valence-electron chi connectivity index (χ0n) is 20.4. The van der Waals surface area contributed by atoms with E-state index in [4.69, 9.17) is 14.2 Å². The Morgan fingerprint density at radius 2 is 1.52 bits per heavy atom. The first-order chi connectivity index (χ1) is 14.5. The number of carbonyl (C=O) groups is 1. The van der Waals surface area contributed by atoms with Crippen LogP contribution in [0.1, 0.15) is 86.5 Å². The van der Waals surface area contributed by atoms with Crippen molar-refractivity contribution in [1.29, 1.82) is 0 Å². The van der Waals surface area contributed by atoms with E-state index in [1.165, 1.54) is 38.2 Å². The number of allylic oxidation sites excluding steroid dienone is 1. The molecule has 31 heavy (non-hydrogen) atoms. The van der Waals surface area contributed by atoms with E-state index in [0.29, 0.717) is 35.0 Å². The molecule has 1 saturated heterocycles. The summed E-state index contributed by atoms with van der Waals surface area (Å²) in [6.45, 7) is 17.4. The fraction of sp³-hybridized carbons (Fsp3) is 0.889. The molecule has 4 nitrogen and oxygen atoms in total. The standard InChI is InChI=1S/C27H42O4/c1-15(2)18-8-9-19-22-20(11-13-26(18,19)6)27(7)12-10-17(29-16(3)28)14-21(27)23-24(22)31-25(4,5)30-23/h17-24H,1,8-14H2,2-7H3/t17-,18+,19?,20?,21?,22?,23+,24+,26+,27+/m0/s1. The van der Waals surface area contributed by atoms with Gasteiger partial charge in [0.2, 0.25) is 0 Å². The topological polar surface area (TPSA) is 44.8 Å². The van der Waals surface area contributed by atoms with Crippen LogP contribution in [0.15, 0.2) is 12.2 Å². The summed E-state index contributed by atoms with van der Waals surface area (Å²) in [7, 11) is 0. The molecule has 5 aliphatic rings. The molecule has 5 rings (SSSR count). The van der Waals surface area contributed by atoms with Crippen molar-refractivity contribution in [3.63, 3.8) is 0 Å². The molecule has 4 saturated carbocycles. The molecule has 0 amide bonds. The smallest absolute Gasteiger partial charge is 0.302 e. The lowest BCUT2D eigenvalue weighted by molar-refractivity contribution is -0.194. The maximum Gasteiger partial charge on any atom is 0.302 e. The highest BCUT2D eigenvalue weighted by molar-refractivity contribution is 5.66. The summed E-state index contributed by atoms with van der Waals surface area (Å²) < 4.78 is 19.1. The molecule has 1 aliphatic heterocycles. The molecule has 10 atom stereocenters. The number of ether oxygens (including phenoxy) is 3. The van der Waals surface area contributed by atoms with E-state index in [-0.39, 0.29) is 29.7 Å². The Morgan fingerprint density at radius 3 is 2.19 bits per heavy atom. The van der Waals surface area contributed by atoms with Crippen molar-refractivity contribution in [2.45, 2.75) is 111 Å². The maximum absolute atomic E-state index is 11.7. The monoisotopic (exact) mass is 430 g/mol. The molecule has 1 heterocycles. The van der Waals surface area contributed by atoms with Gasteiger partial charge in [0.15, 0.2) is 5.79 Å². The van der Waals surface area contributed by atoms with Crippen LogP contribution in [0.2, 0.25) is 0 Å². The molecule has 0 aromatic heterocycles. The quantitative estimate of drug-likeness (QED) is 0.404. The number of hydrogen-bond donors (Lipinski definition) is 0. The number of esters is 1. The molecule has 0 N–H and O–H groups in total. The summed E-state index contributed by atoms with van der Waals surface area (Å²) in [6.07, 6.45) is 8.44. The largest absolute Gasteiger partial charge is 0.463 e. The van der Waals surface area contributed by atoms with Gasteiger partial charge in [0.25, 0.3) is 0 Å². The summed E-state index contributed by atoms with van der Waals surface area (Å²) >= 11 is 0. The Morgan fingerprint density at radius 1 is 0.871 bits per heavy atom. The first-order valence-corrected chi connectivity index (χ1v) is 12.6. The van der Waals surface area contributed by atoms with Crippen LogP contribution in [-0.2, 0) is 19.0 Å². The minimum atomic E-state index is -0.542. The fourth-order valence-corrected chi connectivity index (χ4v) is 9.30. The second-order valence-corrected chi connectivity index (χ2v) is 12.5. The van der Waals surface area contributed by atoms with Gasteiger partial charge in [-0.15, -0.1) is 0 Å². The van der Waals surface area contributed by atoms with E-state index >= 15 is 0 Å². The molecule has 0 spiro atoms.